The van der Waals surface area contributed by atoms with Gasteiger partial charge in [0.05, 0.1) is 6.54 Å². The smallest absolute Gasteiger partial charge is 0.290 e. The molecule has 1 aliphatic heterocycles. The summed E-state index contributed by atoms with van der Waals surface area (Å²) in [5, 5.41) is 3.68. The number of carbonyl (C=O) groups excluding carboxylic acids is 1. The predicted octanol–water partition coefficient (Wildman–Crippen LogP) is 2.66. The van der Waals surface area contributed by atoms with Gasteiger partial charge in [0, 0.05) is 6.42 Å². The summed E-state index contributed by atoms with van der Waals surface area (Å²) in [6.07, 6.45) is -0.968. The highest BCUT2D eigenvalue weighted by Crippen LogP contribution is 2.34. The molecule has 2 aromatic heterocycles. The lowest BCUT2D eigenvalue weighted by atomic mass is 10.2. The molecule has 1 aliphatic rings. The summed E-state index contributed by atoms with van der Waals surface area (Å²) >= 11 is 3.13. The van der Waals surface area contributed by atoms with Crippen LogP contribution in [0.15, 0.2) is 25.7 Å². The van der Waals surface area contributed by atoms with Gasteiger partial charge < -0.3 is 13.8 Å². The molecule has 0 radical (unpaired) electrons. The van der Waals surface area contributed by atoms with Gasteiger partial charge in [-0.25, -0.2) is 4.39 Å². The van der Waals surface area contributed by atoms with Crippen LogP contribution in [0.2, 0.25) is 0 Å². The minimum Gasteiger partial charge on any atom is -0.444 e. The fourth-order valence-corrected chi connectivity index (χ4v) is 2.57. The second-order valence-corrected chi connectivity index (χ2v) is 5.37. The molecule has 0 N–H and O–H groups in total. The van der Waals surface area contributed by atoms with Crippen LogP contribution in [0.4, 0.5) is 4.39 Å². The van der Waals surface area contributed by atoms with E-state index in [1.54, 1.807) is 13.0 Å². The second-order valence-electron chi connectivity index (χ2n) is 4.59. The van der Waals surface area contributed by atoms with Crippen LogP contribution in [-0.2, 0) is 0 Å². The van der Waals surface area contributed by atoms with E-state index in [1.807, 2.05) is 0 Å². The summed E-state index contributed by atoms with van der Waals surface area (Å²) < 4.78 is 24.4. The molecule has 1 saturated heterocycles. The van der Waals surface area contributed by atoms with Gasteiger partial charge in [0.25, 0.3) is 5.91 Å². The molecule has 0 aliphatic carbocycles. The Morgan fingerprint density at radius 2 is 2.35 bits per heavy atom. The molecule has 0 saturated carbocycles. The number of amides is 1. The Morgan fingerprint density at radius 1 is 1.55 bits per heavy atom. The van der Waals surface area contributed by atoms with Crippen molar-refractivity contribution in [3.8, 4) is 0 Å². The number of halogens is 2. The van der Waals surface area contributed by atoms with E-state index in [-0.39, 0.29) is 24.6 Å². The standard InChI is InChI=1S/C12H11BrFN3O3/c1-6-15-11(20-16-6)8-4-7(14)5-17(8)12(18)9-2-3-10(13)19-9/h2-3,7-8H,4-5H2,1H3/t7-,8+/m0/s1. The largest absolute Gasteiger partial charge is 0.444 e. The number of carbonyl (C=O) groups is 1. The predicted molar refractivity (Wildman–Crippen MR) is 68.7 cm³/mol. The zero-order chi connectivity index (χ0) is 14.3. The Hall–Kier alpha value is -1.70. The van der Waals surface area contributed by atoms with E-state index in [0.29, 0.717) is 10.5 Å². The first-order valence-corrected chi connectivity index (χ1v) is 6.84. The SMILES string of the molecule is Cc1noc([C@H]2C[C@H](F)CN2C(=O)c2ccc(Br)o2)n1. The van der Waals surface area contributed by atoms with Crippen LogP contribution >= 0.6 is 15.9 Å². The lowest BCUT2D eigenvalue weighted by Crippen LogP contribution is -2.31. The van der Waals surface area contributed by atoms with Crippen LogP contribution in [0.3, 0.4) is 0 Å². The molecule has 2 aromatic rings. The van der Waals surface area contributed by atoms with E-state index in [4.69, 9.17) is 8.94 Å². The molecular formula is C12H11BrFN3O3. The summed E-state index contributed by atoms with van der Waals surface area (Å²) in [5.74, 6) is 0.459. The van der Waals surface area contributed by atoms with Gasteiger partial charge in [-0.15, -0.1) is 0 Å². The third-order valence-electron chi connectivity index (χ3n) is 3.12. The van der Waals surface area contributed by atoms with Gasteiger partial charge in [0.1, 0.15) is 12.2 Å². The summed E-state index contributed by atoms with van der Waals surface area (Å²) in [6, 6.07) is 2.60. The van der Waals surface area contributed by atoms with Crippen LogP contribution in [0, 0.1) is 6.92 Å². The minimum absolute atomic E-state index is 0.0107. The van der Waals surface area contributed by atoms with Gasteiger partial charge in [0.2, 0.25) is 5.89 Å². The number of hydrogen-bond acceptors (Lipinski definition) is 5. The zero-order valence-corrected chi connectivity index (χ0v) is 12.1. The molecular weight excluding hydrogens is 333 g/mol. The third-order valence-corrected chi connectivity index (χ3v) is 3.55. The number of rotatable bonds is 2. The zero-order valence-electron chi connectivity index (χ0n) is 10.5. The highest BCUT2D eigenvalue weighted by molar-refractivity contribution is 9.10. The average Bonchev–Trinajstić information content (AvgIpc) is 3.09. The second kappa shape index (κ2) is 5.01. The average molecular weight is 344 g/mol. The Kier molecular flexibility index (Phi) is 3.33. The first kappa shape index (κ1) is 13.3. The van der Waals surface area contributed by atoms with Gasteiger partial charge in [-0.3, -0.25) is 4.79 Å². The van der Waals surface area contributed by atoms with Gasteiger partial charge in [-0.05, 0) is 35.0 Å². The van der Waals surface area contributed by atoms with Crippen LogP contribution in [0.25, 0.3) is 0 Å². The summed E-state index contributed by atoms with van der Waals surface area (Å²) in [6.45, 7) is 1.66. The van der Waals surface area contributed by atoms with Crippen LogP contribution in [0.1, 0.15) is 34.7 Å². The quantitative estimate of drug-likeness (QED) is 0.838. The molecule has 106 valence electrons. The van der Waals surface area contributed by atoms with Crippen molar-refractivity contribution < 1.29 is 18.1 Å². The van der Waals surface area contributed by atoms with Crippen molar-refractivity contribution >= 4 is 21.8 Å². The maximum atomic E-state index is 13.7. The molecule has 8 heteroatoms. The number of aryl methyl sites for hydroxylation is 1. The molecule has 1 fully saturated rings. The molecule has 0 unspecified atom stereocenters. The number of aromatic nitrogens is 2. The highest BCUT2D eigenvalue weighted by Gasteiger charge is 2.40. The molecule has 6 nitrogen and oxygen atoms in total. The summed E-state index contributed by atoms with van der Waals surface area (Å²) in [7, 11) is 0. The van der Waals surface area contributed by atoms with Crippen molar-refractivity contribution in [1.82, 2.24) is 15.0 Å². The molecule has 3 heterocycles. The fourth-order valence-electron chi connectivity index (χ4n) is 2.26. The van der Waals surface area contributed by atoms with E-state index < -0.39 is 18.1 Å². The van der Waals surface area contributed by atoms with Crippen molar-refractivity contribution in [2.24, 2.45) is 0 Å². The number of nitrogens with zero attached hydrogens (tertiary/aromatic N) is 3. The van der Waals surface area contributed by atoms with Gasteiger partial charge in [-0.1, -0.05) is 5.16 Å². The van der Waals surface area contributed by atoms with Crippen LogP contribution in [0.5, 0.6) is 0 Å². The first-order valence-electron chi connectivity index (χ1n) is 6.05. The van der Waals surface area contributed by atoms with Gasteiger partial charge in [0.15, 0.2) is 16.3 Å². The lowest BCUT2D eigenvalue weighted by molar-refractivity contribution is 0.0670. The van der Waals surface area contributed by atoms with Gasteiger partial charge >= 0.3 is 0 Å². The Morgan fingerprint density at radius 3 is 2.95 bits per heavy atom. The Labute approximate surface area is 122 Å². The van der Waals surface area contributed by atoms with E-state index >= 15 is 0 Å². The van der Waals surface area contributed by atoms with Crippen molar-refractivity contribution in [2.45, 2.75) is 25.6 Å². The number of alkyl halides is 1. The molecule has 0 bridgehead atoms. The van der Waals surface area contributed by atoms with E-state index in [0.717, 1.165) is 0 Å². The first-order chi connectivity index (χ1) is 9.54. The van der Waals surface area contributed by atoms with Gasteiger partial charge in [-0.2, -0.15) is 4.98 Å². The number of likely N-dealkylation sites (tertiary alicyclic amines) is 1. The highest BCUT2D eigenvalue weighted by atomic mass is 79.9. The number of hydrogen-bond donors (Lipinski definition) is 0. The third kappa shape index (κ3) is 2.35. The van der Waals surface area contributed by atoms with E-state index in [1.165, 1.54) is 11.0 Å². The lowest BCUT2D eigenvalue weighted by Gasteiger charge is -2.19. The molecule has 3 rings (SSSR count). The maximum absolute atomic E-state index is 13.7. The van der Waals surface area contributed by atoms with Crippen LogP contribution < -0.4 is 0 Å². The van der Waals surface area contributed by atoms with Crippen LogP contribution in [-0.4, -0.2) is 33.7 Å². The summed E-state index contributed by atoms with van der Waals surface area (Å²) in [5.41, 5.74) is 0. The van der Waals surface area contributed by atoms with E-state index in [9.17, 15) is 9.18 Å². The monoisotopic (exact) mass is 343 g/mol. The summed E-state index contributed by atoms with van der Waals surface area (Å²) in [4.78, 5) is 17.8. The minimum atomic E-state index is -1.12. The van der Waals surface area contributed by atoms with Crippen molar-refractivity contribution in [3.05, 3.63) is 34.3 Å². The molecule has 0 aromatic carbocycles. The van der Waals surface area contributed by atoms with E-state index in [2.05, 4.69) is 26.1 Å². The molecule has 0 spiro atoms. The maximum Gasteiger partial charge on any atom is 0.290 e. The topological polar surface area (TPSA) is 72.4 Å². The van der Waals surface area contributed by atoms with Crippen molar-refractivity contribution in [2.75, 3.05) is 6.54 Å². The molecule has 20 heavy (non-hydrogen) atoms. The fraction of sp³-hybridized carbons (Fsp3) is 0.417. The Balaban J connectivity index is 1.88. The Bertz CT molecular complexity index is 641. The number of furan rings is 1. The molecule has 2 atom stereocenters. The van der Waals surface area contributed by atoms with Crippen molar-refractivity contribution in [1.29, 1.82) is 0 Å². The van der Waals surface area contributed by atoms with Crippen molar-refractivity contribution in [3.63, 3.8) is 0 Å². The normalized spacial score (nSPS) is 22.4. The molecule has 1 amide bonds.